The molecule has 0 unspecified atom stereocenters. The monoisotopic (exact) mass is 298 g/mol. The van der Waals surface area contributed by atoms with Crippen LogP contribution in [0.1, 0.15) is 31.2 Å². The molecule has 5 heteroatoms. The van der Waals surface area contributed by atoms with E-state index in [1.54, 1.807) is 6.07 Å². The van der Waals surface area contributed by atoms with E-state index in [0.717, 1.165) is 31.2 Å². The molecule has 0 atom stereocenters. The highest BCUT2D eigenvalue weighted by Gasteiger charge is 2.31. The largest absolute Gasteiger partial charge is 0.325 e. The number of nitrogens with zero attached hydrogens (tertiary/aromatic N) is 1. The SMILES string of the molecule is NC1(Cc2cccc([N+](=O)[O-])c2Br)CCCC1. The minimum absolute atomic E-state index is 0.115. The molecule has 2 N–H and O–H groups in total. The van der Waals surface area contributed by atoms with Crippen LogP contribution in [0.4, 0.5) is 5.69 Å². The summed E-state index contributed by atoms with van der Waals surface area (Å²) in [6, 6.07) is 5.13. The van der Waals surface area contributed by atoms with E-state index in [0.29, 0.717) is 10.9 Å². The molecular formula is C12H15BrN2O2. The van der Waals surface area contributed by atoms with Crippen molar-refractivity contribution in [2.45, 2.75) is 37.6 Å². The van der Waals surface area contributed by atoms with Crippen molar-refractivity contribution in [2.24, 2.45) is 5.73 Å². The first-order valence-electron chi connectivity index (χ1n) is 5.72. The van der Waals surface area contributed by atoms with E-state index in [1.165, 1.54) is 6.07 Å². The van der Waals surface area contributed by atoms with E-state index in [4.69, 9.17) is 5.73 Å². The van der Waals surface area contributed by atoms with Crippen LogP contribution in [0.15, 0.2) is 22.7 Å². The maximum absolute atomic E-state index is 10.8. The number of nitro benzene ring substituents is 1. The normalized spacial score (nSPS) is 18.2. The summed E-state index contributed by atoms with van der Waals surface area (Å²) in [6.45, 7) is 0. The van der Waals surface area contributed by atoms with Gasteiger partial charge in [-0.1, -0.05) is 25.0 Å². The third-order valence-electron chi connectivity index (χ3n) is 3.40. The highest BCUT2D eigenvalue weighted by atomic mass is 79.9. The van der Waals surface area contributed by atoms with Gasteiger partial charge in [0.15, 0.2) is 0 Å². The summed E-state index contributed by atoms with van der Waals surface area (Å²) in [5, 5.41) is 10.8. The van der Waals surface area contributed by atoms with Crippen LogP contribution in [0.25, 0.3) is 0 Å². The first kappa shape index (κ1) is 12.5. The van der Waals surface area contributed by atoms with E-state index in [9.17, 15) is 10.1 Å². The molecule has 1 saturated carbocycles. The van der Waals surface area contributed by atoms with Gasteiger partial charge in [0, 0.05) is 11.6 Å². The zero-order valence-corrected chi connectivity index (χ0v) is 11.1. The minimum atomic E-state index is -0.370. The van der Waals surface area contributed by atoms with Crippen LogP contribution in [-0.4, -0.2) is 10.5 Å². The Bertz CT molecular complexity index is 442. The zero-order valence-electron chi connectivity index (χ0n) is 9.49. The van der Waals surface area contributed by atoms with Gasteiger partial charge >= 0.3 is 0 Å². The van der Waals surface area contributed by atoms with Crippen molar-refractivity contribution < 1.29 is 4.92 Å². The Morgan fingerprint density at radius 1 is 1.41 bits per heavy atom. The molecule has 1 fully saturated rings. The van der Waals surface area contributed by atoms with Gasteiger partial charge in [-0.3, -0.25) is 10.1 Å². The van der Waals surface area contributed by atoms with Crippen LogP contribution in [0.2, 0.25) is 0 Å². The molecule has 1 aliphatic rings. The lowest BCUT2D eigenvalue weighted by molar-refractivity contribution is -0.385. The Kier molecular flexibility index (Phi) is 3.49. The van der Waals surface area contributed by atoms with Crippen LogP contribution >= 0.6 is 15.9 Å². The molecule has 92 valence electrons. The van der Waals surface area contributed by atoms with Crippen LogP contribution < -0.4 is 5.73 Å². The van der Waals surface area contributed by atoms with Gasteiger partial charge in [0.05, 0.1) is 9.40 Å². The Morgan fingerprint density at radius 3 is 2.65 bits per heavy atom. The number of nitrogens with two attached hydrogens (primary N) is 1. The molecule has 1 aromatic rings. The summed E-state index contributed by atoms with van der Waals surface area (Å²) in [4.78, 5) is 10.5. The number of hydrogen-bond acceptors (Lipinski definition) is 3. The van der Waals surface area contributed by atoms with Gasteiger partial charge in [-0.2, -0.15) is 0 Å². The molecule has 0 spiro atoms. The fraction of sp³-hybridized carbons (Fsp3) is 0.500. The lowest BCUT2D eigenvalue weighted by Gasteiger charge is -2.24. The van der Waals surface area contributed by atoms with Gasteiger partial charge < -0.3 is 5.73 Å². The third-order valence-corrected chi connectivity index (χ3v) is 4.31. The van der Waals surface area contributed by atoms with Crippen LogP contribution in [-0.2, 0) is 6.42 Å². The second kappa shape index (κ2) is 4.74. The molecule has 0 aliphatic heterocycles. The van der Waals surface area contributed by atoms with Gasteiger partial charge in [0.1, 0.15) is 0 Å². The Balaban J connectivity index is 2.27. The molecule has 0 amide bonds. The summed E-state index contributed by atoms with van der Waals surface area (Å²) in [7, 11) is 0. The highest BCUT2D eigenvalue weighted by molar-refractivity contribution is 9.10. The molecule has 0 heterocycles. The Labute approximate surface area is 108 Å². The second-order valence-corrected chi connectivity index (χ2v) is 5.55. The third kappa shape index (κ3) is 2.66. The standard InChI is InChI=1S/C12H15BrN2O2/c13-11-9(4-3-5-10(11)15(16)17)8-12(14)6-1-2-7-12/h3-5H,1-2,6-8,14H2. The van der Waals surface area contributed by atoms with Gasteiger partial charge in [0.25, 0.3) is 5.69 Å². The molecule has 0 radical (unpaired) electrons. The van der Waals surface area contributed by atoms with Crippen LogP contribution in [0.3, 0.4) is 0 Å². The van der Waals surface area contributed by atoms with Crippen LogP contribution in [0, 0.1) is 10.1 Å². The van der Waals surface area contributed by atoms with Crippen LogP contribution in [0.5, 0.6) is 0 Å². The van der Waals surface area contributed by atoms with E-state index < -0.39 is 0 Å². The maximum Gasteiger partial charge on any atom is 0.283 e. The molecule has 1 aromatic carbocycles. The van der Waals surface area contributed by atoms with Gasteiger partial charge in [-0.25, -0.2) is 0 Å². The molecule has 0 saturated heterocycles. The quantitative estimate of drug-likeness (QED) is 0.688. The summed E-state index contributed by atoms with van der Waals surface area (Å²) < 4.78 is 0.571. The Morgan fingerprint density at radius 2 is 2.06 bits per heavy atom. The van der Waals surface area contributed by atoms with Crippen molar-refractivity contribution in [3.8, 4) is 0 Å². The molecule has 17 heavy (non-hydrogen) atoms. The predicted molar refractivity (Wildman–Crippen MR) is 69.9 cm³/mol. The lowest BCUT2D eigenvalue weighted by Crippen LogP contribution is -2.38. The topological polar surface area (TPSA) is 69.2 Å². The molecule has 2 rings (SSSR count). The summed E-state index contributed by atoms with van der Waals surface area (Å²) in [5.41, 5.74) is 7.16. The van der Waals surface area contributed by atoms with Gasteiger partial charge in [-0.05, 0) is 40.8 Å². The lowest BCUT2D eigenvalue weighted by atomic mass is 9.90. The highest BCUT2D eigenvalue weighted by Crippen LogP contribution is 2.35. The van der Waals surface area contributed by atoms with E-state index in [-0.39, 0.29) is 16.1 Å². The van der Waals surface area contributed by atoms with Crippen molar-refractivity contribution in [1.82, 2.24) is 0 Å². The average molecular weight is 299 g/mol. The van der Waals surface area contributed by atoms with E-state index >= 15 is 0 Å². The number of nitro groups is 1. The Hall–Kier alpha value is -0.940. The van der Waals surface area contributed by atoms with E-state index in [2.05, 4.69) is 15.9 Å². The van der Waals surface area contributed by atoms with Gasteiger partial charge in [0.2, 0.25) is 0 Å². The maximum atomic E-state index is 10.8. The minimum Gasteiger partial charge on any atom is -0.325 e. The fourth-order valence-electron chi connectivity index (χ4n) is 2.48. The number of rotatable bonds is 3. The first-order chi connectivity index (χ1) is 8.02. The predicted octanol–water partition coefficient (Wildman–Crippen LogP) is 3.17. The second-order valence-electron chi connectivity index (χ2n) is 4.75. The summed E-state index contributed by atoms with van der Waals surface area (Å²) >= 11 is 3.32. The summed E-state index contributed by atoms with van der Waals surface area (Å²) in [6.07, 6.45) is 5.02. The smallest absolute Gasteiger partial charge is 0.283 e. The van der Waals surface area contributed by atoms with Crippen molar-refractivity contribution in [2.75, 3.05) is 0 Å². The molecular weight excluding hydrogens is 284 g/mol. The van der Waals surface area contributed by atoms with Crippen molar-refractivity contribution in [1.29, 1.82) is 0 Å². The summed E-state index contributed by atoms with van der Waals surface area (Å²) in [5.74, 6) is 0. The fourth-order valence-corrected chi connectivity index (χ4v) is 3.03. The van der Waals surface area contributed by atoms with Crippen molar-refractivity contribution >= 4 is 21.6 Å². The zero-order chi connectivity index (χ0) is 12.5. The first-order valence-corrected chi connectivity index (χ1v) is 6.52. The molecule has 4 nitrogen and oxygen atoms in total. The van der Waals surface area contributed by atoms with Crippen molar-refractivity contribution in [3.05, 3.63) is 38.3 Å². The number of benzene rings is 1. The van der Waals surface area contributed by atoms with Crippen molar-refractivity contribution in [3.63, 3.8) is 0 Å². The van der Waals surface area contributed by atoms with E-state index in [1.807, 2.05) is 6.07 Å². The van der Waals surface area contributed by atoms with Gasteiger partial charge in [-0.15, -0.1) is 0 Å². The number of halogens is 1. The molecule has 0 bridgehead atoms. The molecule has 1 aliphatic carbocycles. The number of hydrogen-bond donors (Lipinski definition) is 1. The average Bonchev–Trinajstić information content (AvgIpc) is 2.68. The molecule has 0 aromatic heterocycles.